The first-order chi connectivity index (χ1) is 13.9. The van der Waals surface area contributed by atoms with E-state index in [4.69, 9.17) is 4.74 Å². The van der Waals surface area contributed by atoms with Crippen LogP contribution in [0.15, 0.2) is 29.1 Å². The second-order valence-corrected chi connectivity index (χ2v) is 9.18. The Morgan fingerprint density at radius 2 is 1.69 bits per heavy atom. The molecule has 4 fully saturated rings. The largest absolute Gasteiger partial charge is 0.448 e. The predicted octanol–water partition coefficient (Wildman–Crippen LogP) is 2.55. The van der Waals surface area contributed by atoms with Gasteiger partial charge in [0.25, 0.3) is 11.5 Å². The Bertz CT molecular complexity index is 1010. The van der Waals surface area contributed by atoms with Crippen molar-refractivity contribution in [2.75, 3.05) is 0 Å². The SMILES string of the molecule is C[C@H](OC(=O)c1n[nH]c(=O)c2ccccc12)C(=O)NC12CC3CC(CC(C3)C1)C2. The predicted molar refractivity (Wildman–Crippen MR) is 106 cm³/mol. The van der Waals surface area contributed by atoms with Crippen molar-refractivity contribution in [1.82, 2.24) is 15.5 Å². The van der Waals surface area contributed by atoms with Crippen LogP contribution in [-0.4, -0.2) is 33.7 Å². The zero-order valence-corrected chi connectivity index (χ0v) is 16.4. The first kappa shape index (κ1) is 18.3. The van der Waals surface area contributed by atoms with Gasteiger partial charge >= 0.3 is 5.97 Å². The van der Waals surface area contributed by atoms with Crippen LogP contribution in [0.25, 0.3) is 10.8 Å². The maximum Gasteiger partial charge on any atom is 0.360 e. The third-order valence-corrected chi connectivity index (χ3v) is 6.97. The molecule has 2 N–H and O–H groups in total. The molecule has 1 aromatic carbocycles. The number of benzene rings is 1. The molecule has 6 rings (SSSR count). The average molecular weight is 395 g/mol. The third kappa shape index (κ3) is 3.22. The lowest BCUT2D eigenvalue weighted by atomic mass is 9.53. The molecule has 4 bridgehead atoms. The van der Waals surface area contributed by atoms with Crippen LogP contribution < -0.4 is 10.9 Å². The van der Waals surface area contributed by atoms with Crippen molar-refractivity contribution in [2.24, 2.45) is 17.8 Å². The fourth-order valence-corrected chi connectivity index (χ4v) is 6.17. The summed E-state index contributed by atoms with van der Waals surface area (Å²) in [6.45, 7) is 1.58. The smallest absolute Gasteiger partial charge is 0.360 e. The number of carbonyl (C=O) groups is 2. The molecule has 0 unspecified atom stereocenters. The highest BCUT2D eigenvalue weighted by molar-refractivity contribution is 6.02. The highest BCUT2D eigenvalue weighted by Crippen LogP contribution is 2.55. The number of nitrogens with one attached hydrogen (secondary N) is 2. The van der Waals surface area contributed by atoms with Crippen LogP contribution in [0, 0.1) is 17.8 Å². The Balaban J connectivity index is 1.30. The van der Waals surface area contributed by atoms with E-state index in [9.17, 15) is 14.4 Å². The zero-order chi connectivity index (χ0) is 20.2. The van der Waals surface area contributed by atoms with Gasteiger partial charge in [0.05, 0.1) is 5.39 Å². The second kappa shape index (κ2) is 6.68. The molecule has 7 nitrogen and oxygen atoms in total. The quantitative estimate of drug-likeness (QED) is 0.775. The van der Waals surface area contributed by atoms with E-state index in [1.165, 1.54) is 19.3 Å². The number of rotatable bonds is 4. The molecule has 2 aromatic rings. The van der Waals surface area contributed by atoms with E-state index in [0.29, 0.717) is 10.8 Å². The monoisotopic (exact) mass is 395 g/mol. The summed E-state index contributed by atoms with van der Waals surface area (Å²) in [5, 5.41) is 10.2. The van der Waals surface area contributed by atoms with Gasteiger partial charge < -0.3 is 10.1 Å². The fraction of sp³-hybridized carbons (Fsp3) is 0.545. The maximum absolute atomic E-state index is 12.8. The minimum absolute atomic E-state index is 0.00894. The third-order valence-electron chi connectivity index (χ3n) is 6.97. The van der Waals surface area contributed by atoms with Crippen LogP contribution >= 0.6 is 0 Å². The molecule has 7 heteroatoms. The lowest BCUT2D eigenvalue weighted by molar-refractivity contribution is -0.134. The molecule has 1 atom stereocenters. The van der Waals surface area contributed by atoms with Gasteiger partial charge in [-0.1, -0.05) is 18.2 Å². The van der Waals surface area contributed by atoms with Gasteiger partial charge in [0.2, 0.25) is 0 Å². The fourth-order valence-electron chi connectivity index (χ4n) is 6.17. The molecule has 152 valence electrons. The van der Waals surface area contributed by atoms with Gasteiger partial charge in [-0.25, -0.2) is 9.89 Å². The van der Waals surface area contributed by atoms with E-state index < -0.39 is 12.1 Å². The summed E-state index contributed by atoms with van der Waals surface area (Å²) in [4.78, 5) is 37.4. The standard InChI is InChI=1S/C22H25N3O4/c1-12(19(26)23-22-9-13-6-14(10-22)8-15(7-13)11-22)29-21(28)18-16-4-2-3-5-17(16)20(27)25-24-18/h2-5,12-15H,6-11H2,1H3,(H,23,26)(H,25,27)/t12-,13?,14?,15?,22?/m0/s1. The first-order valence-electron chi connectivity index (χ1n) is 10.4. The Hall–Kier alpha value is -2.70. The van der Waals surface area contributed by atoms with Crippen molar-refractivity contribution in [2.45, 2.75) is 57.1 Å². The summed E-state index contributed by atoms with van der Waals surface area (Å²) >= 11 is 0. The Labute approximate surface area is 168 Å². The number of aromatic nitrogens is 2. The molecular weight excluding hydrogens is 370 g/mol. The minimum atomic E-state index is -0.928. The lowest BCUT2D eigenvalue weighted by Crippen LogP contribution is -2.61. The number of hydrogen-bond donors (Lipinski definition) is 2. The molecule has 1 heterocycles. The highest BCUT2D eigenvalue weighted by atomic mass is 16.5. The molecule has 1 amide bonds. The molecule has 0 saturated heterocycles. The Morgan fingerprint density at radius 1 is 1.10 bits per heavy atom. The van der Waals surface area contributed by atoms with Crippen molar-refractivity contribution in [1.29, 1.82) is 0 Å². The molecule has 4 saturated carbocycles. The van der Waals surface area contributed by atoms with E-state index in [2.05, 4.69) is 15.5 Å². The maximum atomic E-state index is 12.8. The number of fused-ring (bicyclic) bond motifs is 1. The summed E-state index contributed by atoms with van der Waals surface area (Å²) < 4.78 is 5.42. The molecular formula is C22H25N3O4. The van der Waals surface area contributed by atoms with Gasteiger partial charge in [-0.15, -0.1) is 0 Å². The van der Waals surface area contributed by atoms with Crippen molar-refractivity contribution < 1.29 is 14.3 Å². The van der Waals surface area contributed by atoms with E-state index in [-0.39, 0.29) is 22.7 Å². The van der Waals surface area contributed by atoms with Crippen molar-refractivity contribution in [3.8, 4) is 0 Å². The highest BCUT2D eigenvalue weighted by Gasteiger charge is 2.51. The summed E-state index contributed by atoms with van der Waals surface area (Å²) in [6, 6.07) is 6.71. The van der Waals surface area contributed by atoms with Gasteiger partial charge in [0, 0.05) is 10.9 Å². The summed E-state index contributed by atoms with van der Waals surface area (Å²) in [6.07, 6.45) is 6.08. The second-order valence-electron chi connectivity index (χ2n) is 9.18. The van der Waals surface area contributed by atoms with Crippen molar-refractivity contribution in [3.05, 3.63) is 40.3 Å². The van der Waals surface area contributed by atoms with Gasteiger partial charge in [-0.3, -0.25) is 9.59 Å². The lowest BCUT2D eigenvalue weighted by Gasteiger charge is -2.57. The summed E-state index contributed by atoms with van der Waals surface area (Å²) in [5.41, 5.74) is -0.491. The number of nitrogens with zero attached hydrogens (tertiary/aromatic N) is 1. The Kier molecular flexibility index (Phi) is 4.22. The van der Waals surface area contributed by atoms with E-state index >= 15 is 0 Å². The summed E-state index contributed by atoms with van der Waals surface area (Å²) in [5.74, 6) is 1.18. The molecule has 0 radical (unpaired) electrons. The normalized spacial score (nSPS) is 30.9. The van der Waals surface area contributed by atoms with E-state index in [1.54, 1.807) is 31.2 Å². The number of esters is 1. The molecule has 0 aliphatic heterocycles. The van der Waals surface area contributed by atoms with Crippen LogP contribution in [-0.2, 0) is 9.53 Å². The number of carbonyl (C=O) groups excluding carboxylic acids is 2. The summed E-state index contributed by atoms with van der Waals surface area (Å²) in [7, 11) is 0. The first-order valence-corrected chi connectivity index (χ1v) is 10.4. The van der Waals surface area contributed by atoms with Gasteiger partial charge in [-0.05, 0) is 69.3 Å². The number of amides is 1. The van der Waals surface area contributed by atoms with Gasteiger partial charge in [0.15, 0.2) is 11.8 Å². The number of aromatic amines is 1. The van der Waals surface area contributed by atoms with E-state index in [1.807, 2.05) is 0 Å². The average Bonchev–Trinajstić information content (AvgIpc) is 2.67. The van der Waals surface area contributed by atoms with Crippen LogP contribution in [0.1, 0.15) is 55.9 Å². The van der Waals surface area contributed by atoms with Crippen LogP contribution in [0.5, 0.6) is 0 Å². The van der Waals surface area contributed by atoms with Gasteiger partial charge in [0.1, 0.15) is 0 Å². The molecule has 0 spiro atoms. The number of ether oxygens (including phenoxy) is 1. The molecule has 1 aromatic heterocycles. The molecule has 4 aliphatic carbocycles. The molecule has 29 heavy (non-hydrogen) atoms. The van der Waals surface area contributed by atoms with Crippen LogP contribution in [0.2, 0.25) is 0 Å². The van der Waals surface area contributed by atoms with Gasteiger partial charge in [-0.2, -0.15) is 5.10 Å². The topological polar surface area (TPSA) is 101 Å². The minimum Gasteiger partial charge on any atom is -0.448 e. The molecule has 4 aliphatic rings. The zero-order valence-electron chi connectivity index (χ0n) is 16.4. The van der Waals surface area contributed by atoms with Crippen molar-refractivity contribution >= 4 is 22.6 Å². The number of hydrogen-bond acceptors (Lipinski definition) is 5. The Morgan fingerprint density at radius 3 is 2.31 bits per heavy atom. The number of H-pyrrole nitrogens is 1. The van der Waals surface area contributed by atoms with Crippen LogP contribution in [0.3, 0.4) is 0 Å². The van der Waals surface area contributed by atoms with E-state index in [0.717, 1.165) is 37.0 Å². The van der Waals surface area contributed by atoms with Crippen molar-refractivity contribution in [3.63, 3.8) is 0 Å². The van der Waals surface area contributed by atoms with Crippen LogP contribution in [0.4, 0.5) is 0 Å².